The lowest BCUT2D eigenvalue weighted by atomic mass is 10.0. The van der Waals surface area contributed by atoms with Gasteiger partial charge in [-0.15, -0.1) is 0 Å². The zero-order valence-electron chi connectivity index (χ0n) is 14.7. The normalized spacial score (nSPS) is 26.0. The second-order valence-electron chi connectivity index (χ2n) is 7.32. The second-order valence-corrected chi connectivity index (χ2v) is 7.32. The molecule has 2 saturated heterocycles. The molecule has 7 heteroatoms. The molecule has 1 aromatic rings. The largest absolute Gasteiger partial charge is 0.322 e. The average Bonchev–Trinajstić information content (AvgIpc) is 2.97. The number of fused-ring (bicyclic) bond motifs is 1. The Hall–Kier alpha value is -2.25. The van der Waals surface area contributed by atoms with E-state index in [2.05, 4.69) is 16.0 Å². The van der Waals surface area contributed by atoms with Gasteiger partial charge in [-0.05, 0) is 43.0 Å². The lowest BCUT2D eigenvalue weighted by molar-refractivity contribution is -0.136. The Labute approximate surface area is 152 Å². The Kier molecular flexibility index (Phi) is 4.74. The summed E-state index contributed by atoms with van der Waals surface area (Å²) in [6.07, 6.45) is 3.02. The molecule has 3 aliphatic heterocycles. The number of nitrogens with one attached hydrogen (secondary N) is 3. The van der Waals surface area contributed by atoms with Crippen molar-refractivity contribution >= 4 is 17.7 Å². The smallest absolute Gasteiger partial charge is 0.255 e. The van der Waals surface area contributed by atoms with Gasteiger partial charge in [0.05, 0.1) is 0 Å². The van der Waals surface area contributed by atoms with Gasteiger partial charge in [-0.3, -0.25) is 19.7 Å². The summed E-state index contributed by atoms with van der Waals surface area (Å²) in [6, 6.07) is 5.88. The van der Waals surface area contributed by atoms with Gasteiger partial charge in [-0.1, -0.05) is 12.1 Å². The molecular weight excluding hydrogens is 332 g/mol. The standard InChI is InChI=1S/C19H24N4O3/c24-17-6-5-16(18(25)22-17)23-11-13-4-3-12(8-15(13)19(23)26)9-21-14-2-1-7-20-10-14/h3-4,8,14,16,20-21H,1-2,5-7,9-11H2,(H,22,24,25). The molecule has 0 saturated carbocycles. The van der Waals surface area contributed by atoms with Crippen molar-refractivity contribution < 1.29 is 14.4 Å². The molecule has 0 spiro atoms. The molecular formula is C19H24N4O3. The SMILES string of the molecule is O=C1CCC(N2Cc3ccc(CNC4CCCNC4)cc3C2=O)C(=O)N1. The summed E-state index contributed by atoms with van der Waals surface area (Å²) in [5, 5.41) is 9.26. The maximum atomic E-state index is 12.8. The topological polar surface area (TPSA) is 90.5 Å². The molecule has 26 heavy (non-hydrogen) atoms. The van der Waals surface area contributed by atoms with Gasteiger partial charge in [0.15, 0.2) is 0 Å². The number of piperidine rings is 2. The van der Waals surface area contributed by atoms with Crippen LogP contribution in [0.1, 0.15) is 47.2 Å². The van der Waals surface area contributed by atoms with E-state index in [4.69, 9.17) is 0 Å². The Morgan fingerprint density at radius 1 is 1.19 bits per heavy atom. The molecule has 0 radical (unpaired) electrons. The maximum absolute atomic E-state index is 12.8. The fourth-order valence-electron chi connectivity index (χ4n) is 4.00. The predicted octanol–water partition coefficient (Wildman–Crippen LogP) is 0.289. The first kappa shape index (κ1) is 17.2. The van der Waals surface area contributed by atoms with Crippen LogP contribution in [0.15, 0.2) is 18.2 Å². The van der Waals surface area contributed by atoms with Gasteiger partial charge in [0, 0.05) is 37.7 Å². The van der Waals surface area contributed by atoms with Crippen molar-refractivity contribution in [2.75, 3.05) is 13.1 Å². The van der Waals surface area contributed by atoms with Crippen LogP contribution in [0.4, 0.5) is 0 Å². The van der Waals surface area contributed by atoms with Crippen LogP contribution in [0.5, 0.6) is 0 Å². The van der Waals surface area contributed by atoms with Crippen LogP contribution < -0.4 is 16.0 Å². The van der Waals surface area contributed by atoms with E-state index in [-0.39, 0.29) is 24.1 Å². The zero-order chi connectivity index (χ0) is 18.1. The highest BCUT2D eigenvalue weighted by Gasteiger charge is 2.39. The molecule has 3 N–H and O–H groups in total. The summed E-state index contributed by atoms with van der Waals surface area (Å²) in [5.41, 5.74) is 2.70. The lowest BCUT2D eigenvalue weighted by Crippen LogP contribution is -2.52. The highest BCUT2D eigenvalue weighted by Crippen LogP contribution is 2.28. The fraction of sp³-hybridized carbons (Fsp3) is 0.526. The summed E-state index contributed by atoms with van der Waals surface area (Å²) in [5.74, 6) is -0.745. The number of carbonyl (C=O) groups excluding carboxylic acids is 3. The van der Waals surface area contributed by atoms with Crippen LogP contribution in [-0.4, -0.2) is 47.8 Å². The number of hydrogen-bond donors (Lipinski definition) is 3. The van der Waals surface area contributed by atoms with Gasteiger partial charge >= 0.3 is 0 Å². The highest BCUT2D eigenvalue weighted by atomic mass is 16.2. The van der Waals surface area contributed by atoms with E-state index in [1.165, 1.54) is 12.8 Å². The molecule has 0 aromatic heterocycles. The van der Waals surface area contributed by atoms with E-state index in [1.807, 2.05) is 18.2 Å². The molecule has 138 valence electrons. The number of carbonyl (C=O) groups is 3. The molecule has 3 amide bonds. The minimum atomic E-state index is -0.553. The number of rotatable bonds is 4. The van der Waals surface area contributed by atoms with Gasteiger partial charge < -0.3 is 15.5 Å². The third-order valence-corrected chi connectivity index (χ3v) is 5.48. The van der Waals surface area contributed by atoms with Crippen molar-refractivity contribution in [2.24, 2.45) is 0 Å². The summed E-state index contributed by atoms with van der Waals surface area (Å²) < 4.78 is 0. The van der Waals surface area contributed by atoms with Crippen LogP contribution >= 0.6 is 0 Å². The summed E-state index contributed by atoms with van der Waals surface area (Å²) in [4.78, 5) is 37.8. The molecule has 2 fully saturated rings. The minimum Gasteiger partial charge on any atom is -0.322 e. The molecule has 2 atom stereocenters. The van der Waals surface area contributed by atoms with Crippen LogP contribution in [0, 0.1) is 0 Å². The number of hydrogen-bond acceptors (Lipinski definition) is 5. The molecule has 2 unspecified atom stereocenters. The molecule has 3 heterocycles. The van der Waals surface area contributed by atoms with Crippen LogP contribution in [0.3, 0.4) is 0 Å². The quantitative estimate of drug-likeness (QED) is 0.675. The number of benzene rings is 1. The average molecular weight is 356 g/mol. The van der Waals surface area contributed by atoms with Crippen LogP contribution in [0.2, 0.25) is 0 Å². The van der Waals surface area contributed by atoms with E-state index in [9.17, 15) is 14.4 Å². The number of imide groups is 1. The Balaban J connectivity index is 1.43. The first-order valence-electron chi connectivity index (χ1n) is 9.32. The Bertz CT molecular complexity index is 742. The molecule has 3 aliphatic rings. The van der Waals surface area contributed by atoms with Crippen LogP contribution in [0.25, 0.3) is 0 Å². The third-order valence-electron chi connectivity index (χ3n) is 5.48. The van der Waals surface area contributed by atoms with Gasteiger partial charge in [0.1, 0.15) is 6.04 Å². The highest BCUT2D eigenvalue weighted by molar-refractivity contribution is 6.05. The van der Waals surface area contributed by atoms with Crippen molar-refractivity contribution in [1.82, 2.24) is 20.9 Å². The fourth-order valence-corrected chi connectivity index (χ4v) is 4.00. The van der Waals surface area contributed by atoms with Crippen molar-refractivity contribution in [1.29, 1.82) is 0 Å². The van der Waals surface area contributed by atoms with E-state index < -0.39 is 6.04 Å². The molecule has 7 nitrogen and oxygen atoms in total. The maximum Gasteiger partial charge on any atom is 0.255 e. The van der Waals surface area contributed by atoms with E-state index in [0.717, 1.165) is 30.8 Å². The minimum absolute atomic E-state index is 0.115. The Morgan fingerprint density at radius 3 is 2.85 bits per heavy atom. The van der Waals surface area contributed by atoms with Gasteiger partial charge in [0.25, 0.3) is 5.91 Å². The number of amides is 3. The van der Waals surface area contributed by atoms with Crippen molar-refractivity contribution in [3.8, 4) is 0 Å². The summed E-state index contributed by atoms with van der Waals surface area (Å²) in [6.45, 7) is 3.22. The molecule has 1 aromatic carbocycles. The zero-order valence-corrected chi connectivity index (χ0v) is 14.7. The van der Waals surface area contributed by atoms with Crippen molar-refractivity contribution in [3.63, 3.8) is 0 Å². The molecule has 4 rings (SSSR count). The van der Waals surface area contributed by atoms with Crippen molar-refractivity contribution in [3.05, 3.63) is 34.9 Å². The van der Waals surface area contributed by atoms with E-state index in [1.54, 1.807) is 4.90 Å². The van der Waals surface area contributed by atoms with Gasteiger partial charge in [0.2, 0.25) is 11.8 Å². The second kappa shape index (κ2) is 7.17. The molecule has 0 bridgehead atoms. The first-order chi connectivity index (χ1) is 12.6. The van der Waals surface area contributed by atoms with E-state index >= 15 is 0 Å². The Morgan fingerprint density at radius 2 is 2.08 bits per heavy atom. The van der Waals surface area contributed by atoms with Gasteiger partial charge in [-0.2, -0.15) is 0 Å². The lowest BCUT2D eigenvalue weighted by Gasteiger charge is -2.29. The molecule has 0 aliphatic carbocycles. The third kappa shape index (κ3) is 3.37. The van der Waals surface area contributed by atoms with Crippen LogP contribution in [-0.2, 0) is 22.7 Å². The summed E-state index contributed by atoms with van der Waals surface area (Å²) in [7, 11) is 0. The van der Waals surface area contributed by atoms with E-state index in [0.29, 0.717) is 24.6 Å². The predicted molar refractivity (Wildman–Crippen MR) is 95.2 cm³/mol. The van der Waals surface area contributed by atoms with Crippen molar-refractivity contribution in [2.45, 2.75) is 50.9 Å². The monoisotopic (exact) mass is 356 g/mol. The first-order valence-corrected chi connectivity index (χ1v) is 9.32. The summed E-state index contributed by atoms with van der Waals surface area (Å²) >= 11 is 0. The van der Waals surface area contributed by atoms with Gasteiger partial charge in [-0.25, -0.2) is 0 Å². The number of nitrogens with zero attached hydrogens (tertiary/aromatic N) is 1.